The normalized spacial score (nSPS) is 12.3. The van der Waals surface area contributed by atoms with Crippen LogP contribution in [0.1, 0.15) is 5.82 Å². The van der Waals surface area contributed by atoms with Gasteiger partial charge in [-0.15, -0.1) is 0 Å². The Morgan fingerprint density at radius 3 is 1.44 bits per heavy atom. The van der Waals surface area contributed by atoms with Gasteiger partial charge in [-0.1, -0.05) is 127 Å². The molecule has 0 spiro atoms. The minimum atomic E-state index is 0.980. The van der Waals surface area contributed by atoms with Crippen LogP contribution in [0.5, 0.6) is 0 Å². The largest absolute Gasteiger partial charge is 0.297 e. The first-order valence-electron chi connectivity index (χ1n) is 16.6. The van der Waals surface area contributed by atoms with E-state index in [9.17, 15) is 0 Å². The smallest absolute Gasteiger partial charge is 0.111 e. The molecule has 0 aliphatic heterocycles. The summed E-state index contributed by atoms with van der Waals surface area (Å²) in [7, 11) is 0. The Morgan fingerprint density at radius 2 is 0.875 bits per heavy atom. The van der Waals surface area contributed by atoms with Crippen LogP contribution in [-0.2, 0) is 0 Å². The van der Waals surface area contributed by atoms with Crippen molar-refractivity contribution in [1.82, 2.24) is 9.55 Å². The first kappa shape index (κ1) is 25.9. The van der Waals surface area contributed by atoms with Crippen molar-refractivity contribution in [2.75, 3.05) is 0 Å². The van der Waals surface area contributed by atoms with Crippen molar-refractivity contribution in [3.63, 3.8) is 0 Å². The molecular weight excluding hydrogens is 581 g/mol. The minimum Gasteiger partial charge on any atom is -0.297 e. The molecular formula is C46H28N2. The van der Waals surface area contributed by atoms with Crippen LogP contribution in [0, 0.1) is 6.92 Å². The van der Waals surface area contributed by atoms with Crippen molar-refractivity contribution in [1.29, 1.82) is 0 Å². The lowest BCUT2D eigenvalue weighted by Gasteiger charge is -2.15. The fraction of sp³-hybridized carbons (Fsp3) is 0.0217. The Balaban J connectivity index is 1.01. The lowest BCUT2D eigenvalue weighted by molar-refractivity contribution is 1.00. The van der Waals surface area contributed by atoms with E-state index >= 15 is 0 Å². The topological polar surface area (TPSA) is 17.8 Å². The van der Waals surface area contributed by atoms with Crippen LogP contribution in [-0.4, -0.2) is 9.55 Å². The number of imidazole rings is 1. The summed E-state index contributed by atoms with van der Waals surface area (Å²) < 4.78 is 2.27. The molecule has 48 heavy (non-hydrogen) atoms. The minimum absolute atomic E-state index is 0.980. The van der Waals surface area contributed by atoms with Crippen molar-refractivity contribution in [3.05, 3.63) is 157 Å². The van der Waals surface area contributed by atoms with Crippen LogP contribution >= 0.6 is 0 Å². The van der Waals surface area contributed by atoms with Gasteiger partial charge in [0.05, 0.1) is 11.0 Å². The Kier molecular flexibility index (Phi) is 5.07. The molecule has 0 bridgehead atoms. The van der Waals surface area contributed by atoms with E-state index in [0.717, 1.165) is 22.5 Å². The Labute approximate surface area is 276 Å². The summed E-state index contributed by atoms with van der Waals surface area (Å²) in [4.78, 5) is 5.07. The summed E-state index contributed by atoms with van der Waals surface area (Å²) in [5.41, 5.74) is 8.15. The third kappa shape index (κ3) is 3.49. The third-order valence-corrected chi connectivity index (χ3v) is 10.6. The predicted octanol–water partition coefficient (Wildman–Crippen LogP) is 12.5. The highest BCUT2D eigenvalue weighted by atomic mass is 15.1. The molecule has 11 aromatic rings. The summed E-state index contributed by atoms with van der Waals surface area (Å²) in [6, 6.07) is 56.0. The molecule has 0 unspecified atom stereocenters. The second kappa shape index (κ2) is 9.40. The van der Waals surface area contributed by atoms with Gasteiger partial charge in [-0.05, 0) is 118 Å². The quantitative estimate of drug-likeness (QED) is 0.182. The van der Waals surface area contributed by atoms with Crippen LogP contribution in [0.25, 0.3) is 104 Å². The molecule has 11 rings (SSSR count). The molecule has 0 aliphatic carbocycles. The highest BCUT2D eigenvalue weighted by Crippen LogP contribution is 2.41. The highest BCUT2D eigenvalue weighted by Gasteiger charge is 2.16. The number of hydrogen-bond donors (Lipinski definition) is 0. The first-order valence-corrected chi connectivity index (χ1v) is 16.6. The third-order valence-electron chi connectivity index (χ3n) is 10.6. The lowest BCUT2D eigenvalue weighted by atomic mass is 9.90. The van der Waals surface area contributed by atoms with E-state index in [-0.39, 0.29) is 0 Å². The van der Waals surface area contributed by atoms with Gasteiger partial charge in [-0.2, -0.15) is 0 Å². The standard InChI is InChI=1S/C46H28N2/c1-27-47-41-26-35(38-22-15-34-11-9-30-5-3-7-32-17-24-40(38)46(34)44(30)32)18-25-42(41)48(27)36-19-12-28(13-20-36)37-21-14-33-10-8-29-4-2-6-31-16-23-39(37)45(33)43(29)31/h2-26H,1H3. The fourth-order valence-corrected chi connectivity index (χ4v) is 8.46. The Bertz CT molecular complexity index is 3020. The van der Waals surface area contributed by atoms with E-state index in [1.807, 2.05) is 0 Å². The molecule has 2 heteroatoms. The predicted molar refractivity (Wildman–Crippen MR) is 204 cm³/mol. The lowest BCUT2D eigenvalue weighted by Crippen LogP contribution is -1.97. The maximum absolute atomic E-state index is 5.07. The second-order valence-electron chi connectivity index (χ2n) is 13.2. The molecule has 0 N–H and O–H groups in total. The Hall–Kier alpha value is -6.25. The molecule has 0 fully saturated rings. The van der Waals surface area contributed by atoms with Crippen molar-refractivity contribution < 1.29 is 0 Å². The van der Waals surface area contributed by atoms with E-state index in [1.54, 1.807) is 0 Å². The van der Waals surface area contributed by atoms with E-state index in [1.165, 1.54) is 86.9 Å². The van der Waals surface area contributed by atoms with E-state index in [4.69, 9.17) is 4.98 Å². The maximum atomic E-state index is 5.07. The summed E-state index contributed by atoms with van der Waals surface area (Å²) in [5.74, 6) is 0.980. The van der Waals surface area contributed by atoms with Crippen molar-refractivity contribution >= 4 is 75.7 Å². The Morgan fingerprint density at radius 1 is 0.417 bits per heavy atom. The molecule has 0 saturated heterocycles. The van der Waals surface area contributed by atoms with Crippen molar-refractivity contribution in [3.8, 4) is 27.9 Å². The monoisotopic (exact) mass is 608 g/mol. The van der Waals surface area contributed by atoms with Gasteiger partial charge in [-0.25, -0.2) is 4.98 Å². The van der Waals surface area contributed by atoms with Crippen LogP contribution in [0.15, 0.2) is 152 Å². The fourth-order valence-electron chi connectivity index (χ4n) is 8.46. The van der Waals surface area contributed by atoms with E-state index in [2.05, 4.69) is 163 Å². The van der Waals surface area contributed by atoms with Gasteiger partial charge in [0.25, 0.3) is 0 Å². The molecule has 0 saturated carbocycles. The van der Waals surface area contributed by atoms with Gasteiger partial charge in [0.2, 0.25) is 0 Å². The van der Waals surface area contributed by atoms with Gasteiger partial charge < -0.3 is 0 Å². The molecule has 1 aromatic heterocycles. The number of hydrogen-bond acceptors (Lipinski definition) is 1. The zero-order chi connectivity index (χ0) is 31.5. The number of benzene rings is 10. The summed E-state index contributed by atoms with van der Waals surface area (Å²) in [6.45, 7) is 2.10. The molecule has 0 atom stereocenters. The van der Waals surface area contributed by atoms with Gasteiger partial charge in [-0.3, -0.25) is 4.57 Å². The molecule has 0 aliphatic rings. The summed E-state index contributed by atoms with van der Waals surface area (Å²) in [5, 5.41) is 15.7. The summed E-state index contributed by atoms with van der Waals surface area (Å²) in [6.07, 6.45) is 0. The van der Waals surface area contributed by atoms with Crippen LogP contribution in [0.3, 0.4) is 0 Å². The first-order chi connectivity index (χ1) is 23.7. The average Bonchev–Trinajstić information content (AvgIpc) is 3.47. The number of rotatable bonds is 3. The number of nitrogens with zero attached hydrogens (tertiary/aromatic N) is 2. The van der Waals surface area contributed by atoms with Gasteiger partial charge >= 0.3 is 0 Å². The van der Waals surface area contributed by atoms with Gasteiger partial charge in [0.15, 0.2) is 0 Å². The van der Waals surface area contributed by atoms with E-state index < -0.39 is 0 Å². The molecule has 2 nitrogen and oxygen atoms in total. The molecule has 10 aromatic carbocycles. The van der Waals surface area contributed by atoms with E-state index in [0.29, 0.717) is 0 Å². The second-order valence-corrected chi connectivity index (χ2v) is 13.2. The highest BCUT2D eigenvalue weighted by molar-refractivity contribution is 6.26. The molecule has 1 heterocycles. The molecule has 222 valence electrons. The van der Waals surface area contributed by atoms with Crippen LogP contribution in [0.2, 0.25) is 0 Å². The summed E-state index contributed by atoms with van der Waals surface area (Å²) >= 11 is 0. The molecule has 0 radical (unpaired) electrons. The zero-order valence-corrected chi connectivity index (χ0v) is 26.3. The zero-order valence-electron chi connectivity index (χ0n) is 26.3. The van der Waals surface area contributed by atoms with Crippen LogP contribution < -0.4 is 0 Å². The average molecular weight is 609 g/mol. The van der Waals surface area contributed by atoms with Crippen molar-refractivity contribution in [2.45, 2.75) is 6.92 Å². The molecule has 0 amide bonds. The van der Waals surface area contributed by atoms with Gasteiger partial charge in [0.1, 0.15) is 5.82 Å². The van der Waals surface area contributed by atoms with Gasteiger partial charge in [0, 0.05) is 5.69 Å². The van der Waals surface area contributed by atoms with Crippen LogP contribution in [0.4, 0.5) is 0 Å². The number of fused-ring (bicyclic) bond motifs is 1. The SMILES string of the molecule is Cc1nc2cc(-c3ccc4ccc5cccc6ccc3c4c56)ccc2n1-c1ccc(-c2ccc3ccc4cccc5ccc2c3c45)cc1. The van der Waals surface area contributed by atoms with Crippen molar-refractivity contribution in [2.24, 2.45) is 0 Å². The number of aryl methyl sites for hydroxylation is 1. The maximum Gasteiger partial charge on any atom is 0.111 e. The number of aromatic nitrogens is 2.